The van der Waals surface area contributed by atoms with E-state index in [1.165, 1.54) is 34.5 Å². The first-order valence-corrected chi connectivity index (χ1v) is 12.6. The lowest BCUT2D eigenvalue weighted by atomic mass is 9.63. The standard InChI is InChI=1S/C26H38N2O2S/c1-25(2)11-12-26(3,4)21-16-19(6-7-20(21)25)22-17-31-24(27-22)18-8-13-28(14-9-18)23(29)10-15-30-5/h6-7,16-18,23,29H,8-15H2,1-5H3. The Labute approximate surface area is 191 Å². The SMILES string of the molecule is COCCC(O)N1CCC(c2nc(-c3ccc4c(c3)C(C)(C)CCC4(C)C)cs2)CC1. The quantitative estimate of drug-likeness (QED) is 0.624. The molecule has 31 heavy (non-hydrogen) atoms. The minimum absolute atomic E-state index is 0.218. The van der Waals surface area contributed by atoms with E-state index in [0.29, 0.717) is 18.9 Å². The van der Waals surface area contributed by atoms with E-state index in [4.69, 9.17) is 9.72 Å². The van der Waals surface area contributed by atoms with Crippen LogP contribution < -0.4 is 0 Å². The lowest BCUT2D eigenvalue weighted by Gasteiger charge is -2.42. The molecule has 0 bridgehead atoms. The molecule has 0 spiro atoms. The van der Waals surface area contributed by atoms with E-state index in [9.17, 15) is 5.11 Å². The molecule has 2 aromatic rings. The number of rotatable bonds is 6. The lowest BCUT2D eigenvalue weighted by Crippen LogP contribution is -2.41. The molecule has 1 aliphatic heterocycles. The van der Waals surface area contributed by atoms with Crippen LogP contribution in [-0.4, -0.2) is 48.0 Å². The topological polar surface area (TPSA) is 45.6 Å². The first-order chi connectivity index (χ1) is 14.7. The van der Waals surface area contributed by atoms with Gasteiger partial charge < -0.3 is 9.84 Å². The Kier molecular flexibility index (Phi) is 6.60. The predicted molar refractivity (Wildman–Crippen MR) is 129 cm³/mol. The van der Waals surface area contributed by atoms with Gasteiger partial charge in [-0.1, -0.05) is 39.8 Å². The molecule has 0 amide bonds. The number of benzene rings is 1. The van der Waals surface area contributed by atoms with Crippen LogP contribution in [0.15, 0.2) is 23.6 Å². The predicted octanol–water partition coefficient (Wildman–Crippen LogP) is 5.69. The summed E-state index contributed by atoms with van der Waals surface area (Å²) in [6.45, 7) is 12.0. The Morgan fingerprint density at radius 2 is 1.81 bits per heavy atom. The summed E-state index contributed by atoms with van der Waals surface area (Å²) in [6.07, 6.45) is 4.87. The number of ether oxygens (including phenoxy) is 1. The molecule has 1 atom stereocenters. The van der Waals surface area contributed by atoms with Crippen molar-refractivity contribution in [3.8, 4) is 11.3 Å². The van der Waals surface area contributed by atoms with Gasteiger partial charge in [0.05, 0.1) is 10.7 Å². The highest BCUT2D eigenvalue weighted by Gasteiger charge is 2.37. The number of hydrogen-bond acceptors (Lipinski definition) is 5. The minimum atomic E-state index is -0.393. The summed E-state index contributed by atoms with van der Waals surface area (Å²) in [7, 11) is 1.68. The zero-order valence-electron chi connectivity index (χ0n) is 19.8. The highest BCUT2D eigenvalue weighted by atomic mass is 32.1. The third-order valence-electron chi connectivity index (χ3n) is 7.55. The number of aliphatic hydroxyl groups is 1. The van der Waals surface area contributed by atoms with Crippen molar-refractivity contribution in [1.82, 2.24) is 9.88 Å². The lowest BCUT2D eigenvalue weighted by molar-refractivity contribution is -0.0292. The molecular formula is C26H38N2O2S. The number of hydrogen-bond donors (Lipinski definition) is 1. The van der Waals surface area contributed by atoms with Crippen molar-refractivity contribution in [2.75, 3.05) is 26.8 Å². The molecular weight excluding hydrogens is 404 g/mol. The maximum atomic E-state index is 10.3. The average Bonchev–Trinajstić information content (AvgIpc) is 3.25. The molecule has 170 valence electrons. The Bertz CT molecular complexity index is 897. The number of nitrogens with zero attached hydrogens (tertiary/aromatic N) is 2. The molecule has 4 nitrogen and oxygen atoms in total. The van der Waals surface area contributed by atoms with E-state index >= 15 is 0 Å². The molecule has 1 aliphatic carbocycles. The molecule has 1 aromatic carbocycles. The molecule has 2 heterocycles. The van der Waals surface area contributed by atoms with Crippen LogP contribution in [0.5, 0.6) is 0 Å². The van der Waals surface area contributed by atoms with Crippen molar-refractivity contribution in [3.63, 3.8) is 0 Å². The molecule has 0 saturated carbocycles. The summed E-state index contributed by atoms with van der Waals surface area (Å²) < 4.78 is 5.10. The van der Waals surface area contributed by atoms with Gasteiger partial charge in [0.1, 0.15) is 6.23 Å². The molecule has 1 unspecified atom stereocenters. The number of methoxy groups -OCH3 is 1. The Balaban J connectivity index is 1.48. The van der Waals surface area contributed by atoms with Crippen LogP contribution in [0.1, 0.15) is 81.9 Å². The van der Waals surface area contributed by atoms with Crippen LogP contribution in [0.4, 0.5) is 0 Å². The van der Waals surface area contributed by atoms with Crippen LogP contribution in [0, 0.1) is 0 Å². The summed E-state index contributed by atoms with van der Waals surface area (Å²) in [5, 5.41) is 13.8. The number of thiazole rings is 1. The first kappa shape index (κ1) is 22.9. The molecule has 1 aromatic heterocycles. The van der Waals surface area contributed by atoms with Crippen molar-refractivity contribution in [2.24, 2.45) is 0 Å². The summed E-state index contributed by atoms with van der Waals surface area (Å²) in [5.74, 6) is 0.498. The second-order valence-electron chi connectivity index (χ2n) is 10.7. The highest BCUT2D eigenvalue weighted by molar-refractivity contribution is 7.10. The number of fused-ring (bicyclic) bond motifs is 1. The van der Waals surface area contributed by atoms with Crippen molar-refractivity contribution < 1.29 is 9.84 Å². The molecule has 2 aliphatic rings. The Hall–Kier alpha value is -1.27. The van der Waals surface area contributed by atoms with E-state index in [-0.39, 0.29) is 10.8 Å². The summed E-state index contributed by atoms with van der Waals surface area (Å²) in [6, 6.07) is 7.03. The molecule has 4 rings (SSSR count). The van der Waals surface area contributed by atoms with E-state index < -0.39 is 6.23 Å². The second kappa shape index (κ2) is 8.93. The summed E-state index contributed by atoms with van der Waals surface area (Å²) in [5.41, 5.74) is 5.83. The zero-order valence-corrected chi connectivity index (χ0v) is 20.6. The van der Waals surface area contributed by atoms with Gasteiger partial charge in [-0.2, -0.15) is 0 Å². The van der Waals surface area contributed by atoms with Gasteiger partial charge in [-0.3, -0.25) is 4.90 Å². The van der Waals surface area contributed by atoms with Crippen molar-refractivity contribution in [1.29, 1.82) is 0 Å². The second-order valence-corrected chi connectivity index (χ2v) is 11.6. The number of likely N-dealkylation sites (tertiary alicyclic amines) is 1. The summed E-state index contributed by atoms with van der Waals surface area (Å²) in [4.78, 5) is 7.25. The van der Waals surface area contributed by atoms with Gasteiger partial charge in [0, 0.05) is 50.1 Å². The normalized spacial score (nSPS) is 22.3. The molecule has 5 heteroatoms. The van der Waals surface area contributed by atoms with Crippen molar-refractivity contribution in [3.05, 3.63) is 39.7 Å². The van der Waals surface area contributed by atoms with E-state index in [1.54, 1.807) is 18.4 Å². The van der Waals surface area contributed by atoms with Crippen molar-refractivity contribution in [2.45, 2.75) is 82.8 Å². The molecule has 1 N–H and O–H groups in total. The zero-order chi connectivity index (χ0) is 22.2. The van der Waals surface area contributed by atoms with Crippen LogP contribution in [0.25, 0.3) is 11.3 Å². The number of aliphatic hydroxyl groups excluding tert-OH is 1. The van der Waals surface area contributed by atoms with Gasteiger partial charge in [0.15, 0.2) is 0 Å². The van der Waals surface area contributed by atoms with Gasteiger partial charge in [-0.25, -0.2) is 4.98 Å². The van der Waals surface area contributed by atoms with Crippen molar-refractivity contribution >= 4 is 11.3 Å². The van der Waals surface area contributed by atoms with Crippen LogP contribution >= 0.6 is 11.3 Å². The van der Waals surface area contributed by atoms with Crippen LogP contribution in [-0.2, 0) is 15.6 Å². The minimum Gasteiger partial charge on any atom is -0.385 e. The Morgan fingerprint density at radius 3 is 2.48 bits per heavy atom. The smallest absolute Gasteiger partial charge is 0.109 e. The monoisotopic (exact) mass is 442 g/mol. The van der Waals surface area contributed by atoms with E-state index in [0.717, 1.165) is 31.6 Å². The van der Waals surface area contributed by atoms with Crippen LogP contribution in [0.3, 0.4) is 0 Å². The highest BCUT2D eigenvalue weighted by Crippen LogP contribution is 2.47. The van der Waals surface area contributed by atoms with Gasteiger partial charge in [0.25, 0.3) is 0 Å². The molecule has 1 fully saturated rings. The molecule has 0 radical (unpaired) electrons. The number of aromatic nitrogens is 1. The van der Waals surface area contributed by atoms with Gasteiger partial charge in [-0.15, -0.1) is 11.3 Å². The maximum Gasteiger partial charge on any atom is 0.109 e. The average molecular weight is 443 g/mol. The fourth-order valence-corrected chi connectivity index (χ4v) is 6.21. The van der Waals surface area contributed by atoms with E-state index in [1.807, 2.05) is 0 Å². The third-order valence-corrected chi connectivity index (χ3v) is 8.56. The summed E-state index contributed by atoms with van der Waals surface area (Å²) >= 11 is 1.80. The maximum absolute atomic E-state index is 10.3. The fraction of sp³-hybridized carbons (Fsp3) is 0.654. The van der Waals surface area contributed by atoms with Gasteiger partial charge in [-0.05, 0) is 53.7 Å². The number of piperidine rings is 1. The first-order valence-electron chi connectivity index (χ1n) is 11.7. The Morgan fingerprint density at radius 1 is 1.13 bits per heavy atom. The van der Waals surface area contributed by atoms with Gasteiger partial charge in [0.2, 0.25) is 0 Å². The fourth-order valence-electron chi connectivity index (χ4n) is 5.21. The molecule has 1 saturated heterocycles. The van der Waals surface area contributed by atoms with Crippen LogP contribution in [0.2, 0.25) is 0 Å². The largest absolute Gasteiger partial charge is 0.385 e. The van der Waals surface area contributed by atoms with Gasteiger partial charge >= 0.3 is 0 Å². The third kappa shape index (κ3) is 4.75. The van der Waals surface area contributed by atoms with E-state index in [2.05, 4.69) is 56.2 Å².